The number of hydrogen-bond donors (Lipinski definition) is 2. The van der Waals surface area contributed by atoms with Crippen LogP contribution in [0, 0.1) is 0 Å². The lowest BCUT2D eigenvalue weighted by molar-refractivity contribution is 0.557. The minimum atomic E-state index is 0.0935. The third-order valence-electron chi connectivity index (χ3n) is 4.36. The van der Waals surface area contributed by atoms with Gasteiger partial charge in [0.05, 0.1) is 11.6 Å². The van der Waals surface area contributed by atoms with E-state index in [1.165, 1.54) is 42.2 Å². The number of pyridine rings is 1. The van der Waals surface area contributed by atoms with Gasteiger partial charge in [-0.1, -0.05) is 42.7 Å². The van der Waals surface area contributed by atoms with Crippen molar-refractivity contribution in [2.45, 2.75) is 44.6 Å². The lowest BCUT2D eigenvalue weighted by Gasteiger charge is -2.23. The predicted molar refractivity (Wildman–Crippen MR) is 87.6 cm³/mol. The fourth-order valence-electron chi connectivity index (χ4n) is 3.24. The average molecular weight is 281 g/mol. The first-order chi connectivity index (χ1) is 10.4. The summed E-state index contributed by atoms with van der Waals surface area (Å²) < 4.78 is 0. The highest BCUT2D eigenvalue weighted by molar-refractivity contribution is 5.82. The largest absolute Gasteiger partial charge is 0.271 e. The molecule has 1 heterocycles. The molecule has 21 heavy (non-hydrogen) atoms. The van der Waals surface area contributed by atoms with Crippen molar-refractivity contribution >= 4 is 10.9 Å². The Labute approximate surface area is 126 Å². The zero-order valence-corrected chi connectivity index (χ0v) is 12.4. The maximum absolute atomic E-state index is 5.91. The van der Waals surface area contributed by atoms with Crippen molar-refractivity contribution < 1.29 is 0 Å². The molecule has 1 aromatic heterocycles. The normalized spacial score (nSPS) is 20.3. The molecule has 2 aromatic rings. The molecule has 0 saturated heterocycles. The molecule has 0 amide bonds. The summed E-state index contributed by atoms with van der Waals surface area (Å²) >= 11 is 0. The van der Waals surface area contributed by atoms with Crippen LogP contribution >= 0.6 is 0 Å². The highest BCUT2D eigenvalue weighted by Gasteiger charge is 2.18. The van der Waals surface area contributed by atoms with Gasteiger partial charge in [-0.15, -0.1) is 0 Å². The summed E-state index contributed by atoms with van der Waals surface area (Å²) in [5.74, 6) is 5.91. The lowest BCUT2D eigenvalue weighted by atomic mass is 9.90. The molecule has 1 aliphatic carbocycles. The molecule has 0 radical (unpaired) electrons. The van der Waals surface area contributed by atoms with Crippen LogP contribution in [-0.4, -0.2) is 4.98 Å². The van der Waals surface area contributed by atoms with E-state index in [9.17, 15) is 0 Å². The second-order valence-corrected chi connectivity index (χ2v) is 5.75. The van der Waals surface area contributed by atoms with Gasteiger partial charge in [0.25, 0.3) is 0 Å². The van der Waals surface area contributed by atoms with E-state index in [2.05, 4.69) is 40.8 Å². The van der Waals surface area contributed by atoms with E-state index in [0.717, 1.165) is 18.4 Å². The Kier molecular flexibility index (Phi) is 4.63. The molecule has 1 aromatic carbocycles. The van der Waals surface area contributed by atoms with Crippen molar-refractivity contribution in [3.05, 3.63) is 53.7 Å². The number of rotatable bonds is 3. The van der Waals surface area contributed by atoms with Crippen LogP contribution < -0.4 is 11.3 Å². The number of aromatic nitrogens is 1. The Bertz CT molecular complexity index is 628. The van der Waals surface area contributed by atoms with Gasteiger partial charge in [-0.25, -0.2) is 5.43 Å². The molecule has 1 aliphatic rings. The standard InChI is InChI=1S/C18H23N3/c19-21-18(14-8-4-2-1-3-5-9-14)16-12-13-20-17-11-7-6-10-15(16)17/h6-8,10-13,18,21H,1-5,9,19H2/b14-8+. The number of allylic oxidation sites excluding steroid dienone is 1. The van der Waals surface area contributed by atoms with E-state index in [1.807, 2.05) is 12.3 Å². The predicted octanol–water partition coefficient (Wildman–Crippen LogP) is 4.02. The van der Waals surface area contributed by atoms with Crippen LogP contribution in [0.25, 0.3) is 10.9 Å². The van der Waals surface area contributed by atoms with Gasteiger partial charge < -0.3 is 0 Å². The molecule has 3 rings (SSSR count). The molecule has 0 aliphatic heterocycles. The number of benzene rings is 1. The fourth-order valence-corrected chi connectivity index (χ4v) is 3.24. The van der Waals surface area contributed by atoms with E-state index < -0.39 is 0 Å². The van der Waals surface area contributed by atoms with E-state index in [4.69, 9.17) is 5.84 Å². The summed E-state index contributed by atoms with van der Waals surface area (Å²) in [5, 5.41) is 1.19. The van der Waals surface area contributed by atoms with E-state index in [0.29, 0.717) is 0 Å². The molecular weight excluding hydrogens is 258 g/mol. The minimum absolute atomic E-state index is 0.0935. The molecular formula is C18H23N3. The first-order valence-electron chi connectivity index (χ1n) is 7.89. The smallest absolute Gasteiger partial charge is 0.0705 e. The van der Waals surface area contributed by atoms with Crippen molar-refractivity contribution in [3.8, 4) is 0 Å². The first-order valence-corrected chi connectivity index (χ1v) is 7.89. The third-order valence-corrected chi connectivity index (χ3v) is 4.36. The van der Waals surface area contributed by atoms with Crippen LogP contribution in [-0.2, 0) is 0 Å². The molecule has 0 fully saturated rings. The van der Waals surface area contributed by atoms with Crippen LogP contribution in [0.3, 0.4) is 0 Å². The molecule has 1 unspecified atom stereocenters. The van der Waals surface area contributed by atoms with Crippen molar-refractivity contribution in [1.82, 2.24) is 10.4 Å². The molecule has 3 N–H and O–H groups in total. The maximum Gasteiger partial charge on any atom is 0.0705 e. The zero-order valence-electron chi connectivity index (χ0n) is 12.4. The van der Waals surface area contributed by atoms with Gasteiger partial charge in [0, 0.05) is 11.6 Å². The zero-order chi connectivity index (χ0) is 14.5. The summed E-state index contributed by atoms with van der Waals surface area (Å²) in [7, 11) is 0. The van der Waals surface area contributed by atoms with Crippen molar-refractivity contribution in [2.75, 3.05) is 0 Å². The summed E-state index contributed by atoms with van der Waals surface area (Å²) in [5.41, 5.74) is 6.72. The Morgan fingerprint density at radius 2 is 1.90 bits per heavy atom. The Balaban J connectivity index is 2.01. The molecule has 0 spiro atoms. The van der Waals surface area contributed by atoms with Gasteiger partial charge in [-0.2, -0.15) is 0 Å². The van der Waals surface area contributed by atoms with Crippen LogP contribution in [0.2, 0.25) is 0 Å². The molecule has 1 atom stereocenters. The van der Waals surface area contributed by atoms with Crippen LogP contribution in [0.1, 0.15) is 50.1 Å². The minimum Gasteiger partial charge on any atom is -0.271 e. The van der Waals surface area contributed by atoms with Gasteiger partial charge in [0.15, 0.2) is 0 Å². The Hall–Kier alpha value is -1.71. The fraction of sp³-hybridized carbons (Fsp3) is 0.389. The average Bonchev–Trinajstić information content (AvgIpc) is 2.50. The summed E-state index contributed by atoms with van der Waals surface area (Å²) in [6.07, 6.45) is 11.8. The van der Waals surface area contributed by atoms with E-state index >= 15 is 0 Å². The summed E-state index contributed by atoms with van der Waals surface area (Å²) in [6.45, 7) is 0. The molecule has 3 heteroatoms. The van der Waals surface area contributed by atoms with Gasteiger partial charge in [-0.3, -0.25) is 10.8 Å². The van der Waals surface area contributed by atoms with Gasteiger partial charge in [0.2, 0.25) is 0 Å². The van der Waals surface area contributed by atoms with Crippen molar-refractivity contribution in [3.63, 3.8) is 0 Å². The van der Waals surface area contributed by atoms with E-state index in [1.54, 1.807) is 0 Å². The number of hydrogen-bond acceptors (Lipinski definition) is 3. The second-order valence-electron chi connectivity index (χ2n) is 5.75. The number of nitrogens with two attached hydrogens (primary N) is 1. The number of fused-ring (bicyclic) bond motifs is 1. The highest BCUT2D eigenvalue weighted by atomic mass is 15.2. The summed E-state index contributed by atoms with van der Waals surface area (Å²) in [4.78, 5) is 4.45. The maximum atomic E-state index is 5.91. The monoisotopic (exact) mass is 281 g/mol. The molecule has 3 nitrogen and oxygen atoms in total. The van der Waals surface area contributed by atoms with Crippen molar-refractivity contribution in [2.24, 2.45) is 5.84 Å². The van der Waals surface area contributed by atoms with E-state index in [-0.39, 0.29) is 6.04 Å². The SMILES string of the molecule is NNC(/C1=C/CCCCCC1)c1ccnc2ccccc12. The van der Waals surface area contributed by atoms with Gasteiger partial charge >= 0.3 is 0 Å². The highest BCUT2D eigenvalue weighted by Crippen LogP contribution is 2.31. The molecule has 0 saturated carbocycles. The topological polar surface area (TPSA) is 50.9 Å². The lowest BCUT2D eigenvalue weighted by Crippen LogP contribution is -2.30. The van der Waals surface area contributed by atoms with Gasteiger partial charge in [0.1, 0.15) is 0 Å². The van der Waals surface area contributed by atoms with Crippen LogP contribution in [0.15, 0.2) is 48.2 Å². The van der Waals surface area contributed by atoms with Crippen molar-refractivity contribution in [1.29, 1.82) is 0 Å². The van der Waals surface area contributed by atoms with Gasteiger partial charge in [-0.05, 0) is 43.4 Å². The Morgan fingerprint density at radius 1 is 1.05 bits per heavy atom. The number of para-hydroxylation sites is 1. The third kappa shape index (κ3) is 3.14. The second kappa shape index (κ2) is 6.83. The van der Waals surface area contributed by atoms with Crippen LogP contribution in [0.4, 0.5) is 0 Å². The summed E-state index contributed by atoms with van der Waals surface area (Å²) in [6, 6.07) is 10.5. The first kappa shape index (κ1) is 14.2. The Morgan fingerprint density at radius 3 is 2.81 bits per heavy atom. The molecule has 110 valence electrons. The van der Waals surface area contributed by atoms with Crippen LogP contribution in [0.5, 0.6) is 0 Å². The quantitative estimate of drug-likeness (QED) is 0.507. The number of hydrazine groups is 1. The number of nitrogens with zero attached hydrogens (tertiary/aromatic N) is 1. The number of nitrogens with one attached hydrogen (secondary N) is 1. The molecule has 0 bridgehead atoms.